The molecule has 0 aliphatic carbocycles. The van der Waals surface area contributed by atoms with Crippen molar-refractivity contribution in [1.29, 1.82) is 0 Å². The highest BCUT2D eigenvalue weighted by Crippen LogP contribution is 2.35. The second kappa shape index (κ2) is 17.0. The number of carbonyl (C=O) groups excluding carboxylic acids is 3. The number of aryl methyl sites for hydroxylation is 3. The molecule has 0 aliphatic rings. The van der Waals surface area contributed by atoms with Gasteiger partial charge in [-0.05, 0) is 63.4 Å². The molecule has 2 aromatic carbocycles. The van der Waals surface area contributed by atoms with Crippen LogP contribution in [0.3, 0.4) is 0 Å². The maximum Gasteiger partial charge on any atom is 0.298 e. The molecule has 0 bridgehead atoms. The van der Waals surface area contributed by atoms with E-state index >= 15 is 0 Å². The fourth-order valence-electron chi connectivity index (χ4n) is 5.57. The van der Waals surface area contributed by atoms with Crippen LogP contribution in [0.25, 0.3) is 11.0 Å². The first kappa shape index (κ1) is 41.2. The van der Waals surface area contributed by atoms with Crippen molar-refractivity contribution in [1.82, 2.24) is 18.9 Å². The van der Waals surface area contributed by atoms with Gasteiger partial charge < -0.3 is 40.1 Å². The van der Waals surface area contributed by atoms with E-state index in [2.05, 4.69) is 41.7 Å². The smallest absolute Gasteiger partial charge is 0.298 e. The van der Waals surface area contributed by atoms with Crippen LogP contribution in [0.5, 0.6) is 11.5 Å². The summed E-state index contributed by atoms with van der Waals surface area (Å²) in [6.07, 6.45) is 4.27. The molecule has 292 valence electrons. The standard InChI is InChI=1S/C38H53N9O7/c1-10-47-28(18-23(2)43-47)35(50)42-36-45(8)27-20-25(34(40)49)22-30(52-9)32(27)46(36)15-12-11-14-41-31-26(44-51)19-24(33(39)48)21-29(31)53-16-13-17-54-38(6,7)37(3,4)5/h11-12,18-22,41,44,51H,10,13-17H2,1-9H3,(H2,39,48)(H2,40,49)/b12-11+,42-36?. The third-order valence-electron chi connectivity index (χ3n) is 9.53. The number of ether oxygens (including phenoxy) is 3. The normalized spacial score (nSPS) is 12.4. The summed E-state index contributed by atoms with van der Waals surface area (Å²) in [5.74, 6) is -1.12. The Labute approximate surface area is 314 Å². The van der Waals surface area contributed by atoms with Gasteiger partial charge >= 0.3 is 0 Å². The molecular weight excluding hydrogens is 694 g/mol. The molecule has 4 aromatic rings. The van der Waals surface area contributed by atoms with Crippen LogP contribution in [0.2, 0.25) is 0 Å². The number of nitrogens with one attached hydrogen (secondary N) is 2. The van der Waals surface area contributed by atoms with E-state index in [9.17, 15) is 19.6 Å². The Bertz CT molecular complexity index is 2120. The maximum atomic E-state index is 13.5. The molecule has 0 radical (unpaired) electrons. The van der Waals surface area contributed by atoms with Gasteiger partial charge in [-0.25, -0.2) is 0 Å². The van der Waals surface area contributed by atoms with E-state index in [-0.39, 0.29) is 47.5 Å². The van der Waals surface area contributed by atoms with Crippen molar-refractivity contribution in [3.05, 3.63) is 70.6 Å². The second-order valence-electron chi connectivity index (χ2n) is 14.3. The molecule has 0 saturated heterocycles. The van der Waals surface area contributed by atoms with Crippen molar-refractivity contribution < 1.29 is 33.8 Å². The average molecular weight is 748 g/mol. The first-order valence-corrected chi connectivity index (χ1v) is 17.7. The van der Waals surface area contributed by atoms with Crippen LogP contribution in [0.15, 0.2) is 47.5 Å². The third kappa shape index (κ3) is 9.12. The number of aromatic nitrogens is 4. The highest BCUT2D eigenvalue weighted by atomic mass is 16.5. The van der Waals surface area contributed by atoms with E-state index in [4.69, 9.17) is 25.7 Å². The molecule has 2 heterocycles. The van der Waals surface area contributed by atoms with Crippen LogP contribution >= 0.6 is 0 Å². The lowest BCUT2D eigenvalue weighted by molar-refractivity contribution is -0.0924. The Balaban J connectivity index is 1.63. The Morgan fingerprint density at radius 1 is 0.981 bits per heavy atom. The summed E-state index contributed by atoms with van der Waals surface area (Å²) in [7, 11) is 3.22. The first-order chi connectivity index (χ1) is 25.4. The number of rotatable bonds is 17. The SMILES string of the molecule is CCn1nc(C)cc1C(=O)N=c1n(C)c2cc(C(N)=O)cc(OC)c2n1C/C=C/CNc1c(NO)cc(C(N)=O)cc1OCCCOC(C)(C)C(C)(C)C. The molecule has 3 amide bonds. The third-order valence-corrected chi connectivity index (χ3v) is 9.53. The molecule has 16 heteroatoms. The number of fused-ring (bicyclic) bond motifs is 1. The molecular formula is C38H53N9O7. The first-order valence-electron chi connectivity index (χ1n) is 17.7. The maximum absolute atomic E-state index is 13.5. The Hall–Kier alpha value is -5.61. The van der Waals surface area contributed by atoms with Gasteiger partial charge in [0.2, 0.25) is 17.4 Å². The predicted octanol–water partition coefficient (Wildman–Crippen LogP) is 4.53. The van der Waals surface area contributed by atoms with Crippen molar-refractivity contribution in [2.75, 3.05) is 37.7 Å². The number of carbonyl (C=O) groups is 3. The van der Waals surface area contributed by atoms with Crippen molar-refractivity contribution in [3.63, 3.8) is 0 Å². The number of imidazole rings is 1. The molecule has 4 rings (SSSR count). The predicted molar refractivity (Wildman–Crippen MR) is 206 cm³/mol. The summed E-state index contributed by atoms with van der Waals surface area (Å²) in [6, 6.07) is 7.80. The molecule has 0 saturated carbocycles. The summed E-state index contributed by atoms with van der Waals surface area (Å²) in [5, 5.41) is 17.6. The number of allylic oxidation sites excluding steroid dienone is 1. The molecule has 54 heavy (non-hydrogen) atoms. The van der Waals surface area contributed by atoms with Crippen LogP contribution in [-0.2, 0) is 24.9 Å². The number of benzene rings is 2. The zero-order chi connectivity index (χ0) is 40.0. The zero-order valence-corrected chi connectivity index (χ0v) is 32.6. The highest BCUT2D eigenvalue weighted by Gasteiger charge is 2.33. The Kier molecular flexibility index (Phi) is 13.0. The number of amides is 3. The average Bonchev–Trinajstić information content (AvgIpc) is 3.63. The van der Waals surface area contributed by atoms with Crippen molar-refractivity contribution in [2.24, 2.45) is 28.9 Å². The van der Waals surface area contributed by atoms with Gasteiger partial charge in [-0.2, -0.15) is 10.1 Å². The lowest BCUT2D eigenvalue weighted by Gasteiger charge is -2.38. The fraction of sp³-hybridized carbons (Fsp3) is 0.447. The Morgan fingerprint density at radius 2 is 1.65 bits per heavy atom. The minimum atomic E-state index is -0.683. The number of nitrogens with two attached hydrogens (primary N) is 2. The monoisotopic (exact) mass is 747 g/mol. The minimum Gasteiger partial charge on any atom is -0.494 e. The van der Waals surface area contributed by atoms with Gasteiger partial charge in [-0.15, -0.1) is 0 Å². The van der Waals surface area contributed by atoms with Gasteiger partial charge in [-0.3, -0.25) is 29.8 Å². The van der Waals surface area contributed by atoms with E-state index in [1.807, 2.05) is 32.9 Å². The van der Waals surface area contributed by atoms with Gasteiger partial charge in [0, 0.05) is 44.2 Å². The second-order valence-corrected chi connectivity index (χ2v) is 14.3. The van der Waals surface area contributed by atoms with Crippen molar-refractivity contribution >= 4 is 40.1 Å². The topological polar surface area (TPSA) is 215 Å². The molecule has 0 atom stereocenters. The Morgan fingerprint density at radius 3 is 2.26 bits per heavy atom. The zero-order valence-electron chi connectivity index (χ0n) is 32.6. The number of nitrogens with zero attached hydrogens (tertiary/aromatic N) is 5. The quantitative estimate of drug-likeness (QED) is 0.0578. The van der Waals surface area contributed by atoms with Crippen LogP contribution in [0.1, 0.15) is 84.9 Å². The van der Waals surface area contributed by atoms with Crippen molar-refractivity contribution in [3.8, 4) is 11.5 Å². The number of hydrogen-bond acceptors (Lipinski definition) is 10. The molecule has 0 aliphatic heterocycles. The van der Waals surface area contributed by atoms with E-state index in [0.717, 1.165) is 0 Å². The molecule has 0 spiro atoms. The van der Waals surface area contributed by atoms with Gasteiger partial charge in [-0.1, -0.05) is 32.9 Å². The number of anilines is 2. The van der Waals surface area contributed by atoms with Crippen LogP contribution in [0.4, 0.5) is 11.4 Å². The lowest BCUT2D eigenvalue weighted by Crippen LogP contribution is -2.39. The van der Waals surface area contributed by atoms with E-state index in [1.54, 1.807) is 46.0 Å². The fourth-order valence-corrected chi connectivity index (χ4v) is 5.57. The van der Waals surface area contributed by atoms with Crippen molar-refractivity contribution in [2.45, 2.75) is 73.6 Å². The van der Waals surface area contributed by atoms with Crippen LogP contribution in [0, 0.1) is 12.3 Å². The van der Waals surface area contributed by atoms with Gasteiger partial charge in [0.1, 0.15) is 28.4 Å². The molecule has 0 fully saturated rings. The number of primary amides is 2. The molecule has 0 unspecified atom stereocenters. The number of hydrogen-bond donors (Lipinski definition) is 5. The molecule has 2 aromatic heterocycles. The summed E-state index contributed by atoms with van der Waals surface area (Å²) in [4.78, 5) is 42.3. The molecule has 7 N–H and O–H groups in total. The number of methoxy groups -OCH3 is 1. The van der Waals surface area contributed by atoms with Crippen LogP contribution < -0.4 is 37.4 Å². The largest absolute Gasteiger partial charge is 0.494 e. The minimum absolute atomic E-state index is 0.0606. The summed E-state index contributed by atoms with van der Waals surface area (Å²) < 4.78 is 23.0. The highest BCUT2D eigenvalue weighted by molar-refractivity contribution is 5.99. The summed E-state index contributed by atoms with van der Waals surface area (Å²) in [6.45, 7) is 15.9. The lowest BCUT2D eigenvalue weighted by atomic mass is 9.79. The van der Waals surface area contributed by atoms with Gasteiger partial charge in [0.05, 0.1) is 42.8 Å². The van der Waals surface area contributed by atoms with Crippen LogP contribution in [-0.4, -0.2) is 74.3 Å². The van der Waals surface area contributed by atoms with Gasteiger partial charge in [0.25, 0.3) is 5.91 Å². The van der Waals surface area contributed by atoms with Gasteiger partial charge in [0.15, 0.2) is 0 Å². The molecule has 16 nitrogen and oxygen atoms in total. The van der Waals surface area contributed by atoms with E-state index in [1.165, 1.54) is 19.2 Å². The van der Waals surface area contributed by atoms with E-state index < -0.39 is 17.7 Å². The van der Waals surface area contributed by atoms with E-state index in [0.29, 0.717) is 64.8 Å². The summed E-state index contributed by atoms with van der Waals surface area (Å²) in [5.41, 5.74) is 16.4. The summed E-state index contributed by atoms with van der Waals surface area (Å²) >= 11 is 0.